The van der Waals surface area contributed by atoms with Crippen LogP contribution in [0.25, 0.3) is 0 Å². The van der Waals surface area contributed by atoms with Gasteiger partial charge in [-0.3, -0.25) is 4.79 Å². The Morgan fingerprint density at radius 3 is 2.58 bits per heavy atom. The molecule has 0 spiro atoms. The van der Waals surface area contributed by atoms with E-state index < -0.39 is 0 Å². The van der Waals surface area contributed by atoms with Gasteiger partial charge in [0.05, 0.1) is 0 Å². The van der Waals surface area contributed by atoms with Gasteiger partial charge in [-0.2, -0.15) is 0 Å². The van der Waals surface area contributed by atoms with Crippen LogP contribution in [0.1, 0.15) is 20.3 Å². The quantitative estimate of drug-likeness (QED) is 0.757. The number of halogens is 1. The number of nitrogens with one attached hydrogen (secondary N) is 1. The summed E-state index contributed by atoms with van der Waals surface area (Å²) in [7, 11) is 0. The van der Waals surface area contributed by atoms with E-state index in [0.717, 1.165) is 4.90 Å². The first-order valence-electron chi connectivity index (χ1n) is 6.31. The molecule has 1 rings (SSSR count). The van der Waals surface area contributed by atoms with Crippen molar-refractivity contribution in [2.75, 3.05) is 12.4 Å². The van der Waals surface area contributed by atoms with Crippen LogP contribution in [-0.2, 0) is 4.79 Å². The fourth-order valence-corrected chi connectivity index (χ4v) is 2.27. The fraction of sp³-hybridized carbons (Fsp3) is 0.500. The van der Waals surface area contributed by atoms with Gasteiger partial charge in [0.1, 0.15) is 5.82 Å². The summed E-state index contributed by atoms with van der Waals surface area (Å²) in [6.45, 7) is 3.83. The molecule has 0 saturated carbocycles. The molecule has 3 nitrogen and oxygen atoms in total. The van der Waals surface area contributed by atoms with Crippen molar-refractivity contribution in [1.82, 2.24) is 5.32 Å². The standard InChI is InChI=1S/C14H20FNO2S/c1-10(9-17)11(2)16-14(18)7-8-19-13-5-3-12(15)4-6-13/h3-6,10-11,17H,7-9H2,1-2H3,(H,16,18). The molecule has 0 heterocycles. The molecule has 0 aromatic heterocycles. The molecule has 0 aliphatic rings. The summed E-state index contributed by atoms with van der Waals surface area (Å²) < 4.78 is 12.7. The third-order valence-corrected chi connectivity index (χ3v) is 3.96. The third-order valence-electron chi connectivity index (χ3n) is 2.94. The zero-order valence-corrected chi connectivity index (χ0v) is 12.0. The molecule has 5 heteroatoms. The van der Waals surface area contributed by atoms with Gasteiger partial charge in [0, 0.05) is 29.7 Å². The van der Waals surface area contributed by atoms with Crippen molar-refractivity contribution in [2.45, 2.75) is 31.2 Å². The van der Waals surface area contributed by atoms with Gasteiger partial charge in [-0.25, -0.2) is 4.39 Å². The molecule has 1 aromatic rings. The summed E-state index contributed by atoms with van der Waals surface area (Å²) in [5, 5.41) is 11.8. The van der Waals surface area contributed by atoms with E-state index in [2.05, 4.69) is 5.32 Å². The molecule has 106 valence electrons. The Morgan fingerprint density at radius 1 is 1.37 bits per heavy atom. The van der Waals surface area contributed by atoms with E-state index in [4.69, 9.17) is 5.11 Å². The lowest BCUT2D eigenvalue weighted by Crippen LogP contribution is -2.38. The highest BCUT2D eigenvalue weighted by molar-refractivity contribution is 7.99. The first kappa shape index (κ1) is 16.0. The fourth-order valence-electron chi connectivity index (χ4n) is 1.42. The van der Waals surface area contributed by atoms with Crippen molar-refractivity contribution in [3.63, 3.8) is 0 Å². The second-order valence-electron chi connectivity index (χ2n) is 4.57. The molecule has 2 unspecified atom stereocenters. The average molecular weight is 285 g/mol. The molecule has 2 atom stereocenters. The maximum absolute atomic E-state index is 12.7. The Morgan fingerprint density at radius 2 is 2.00 bits per heavy atom. The van der Waals surface area contributed by atoms with Crippen LogP contribution in [0, 0.1) is 11.7 Å². The smallest absolute Gasteiger partial charge is 0.221 e. The zero-order chi connectivity index (χ0) is 14.3. The molecule has 0 aliphatic heterocycles. The van der Waals surface area contributed by atoms with E-state index in [9.17, 15) is 9.18 Å². The van der Waals surface area contributed by atoms with Crippen molar-refractivity contribution < 1.29 is 14.3 Å². The van der Waals surface area contributed by atoms with Crippen LogP contribution in [0.3, 0.4) is 0 Å². The number of hydrogen-bond donors (Lipinski definition) is 2. The molecule has 0 radical (unpaired) electrons. The first-order chi connectivity index (χ1) is 9.02. The van der Waals surface area contributed by atoms with Crippen LogP contribution in [0.5, 0.6) is 0 Å². The van der Waals surface area contributed by atoms with Crippen molar-refractivity contribution in [2.24, 2.45) is 5.92 Å². The van der Waals surface area contributed by atoms with E-state index in [-0.39, 0.29) is 30.3 Å². The van der Waals surface area contributed by atoms with Crippen LogP contribution in [0.4, 0.5) is 4.39 Å². The van der Waals surface area contributed by atoms with Gasteiger partial charge in [0.25, 0.3) is 0 Å². The normalized spacial score (nSPS) is 13.9. The number of amides is 1. The molecule has 0 saturated heterocycles. The highest BCUT2D eigenvalue weighted by Crippen LogP contribution is 2.18. The predicted molar refractivity (Wildman–Crippen MR) is 75.6 cm³/mol. The van der Waals surface area contributed by atoms with Gasteiger partial charge in [-0.15, -0.1) is 11.8 Å². The maximum Gasteiger partial charge on any atom is 0.221 e. The Hall–Kier alpha value is -1.07. The van der Waals surface area contributed by atoms with E-state index in [0.29, 0.717) is 12.2 Å². The largest absolute Gasteiger partial charge is 0.396 e. The SMILES string of the molecule is CC(CO)C(C)NC(=O)CCSc1ccc(F)cc1. The zero-order valence-electron chi connectivity index (χ0n) is 11.2. The van der Waals surface area contributed by atoms with E-state index in [1.165, 1.54) is 23.9 Å². The van der Waals surface area contributed by atoms with Crippen molar-refractivity contribution in [3.05, 3.63) is 30.1 Å². The summed E-state index contributed by atoms with van der Waals surface area (Å²) in [5.74, 6) is 0.419. The van der Waals surface area contributed by atoms with Crippen LogP contribution in [-0.4, -0.2) is 29.4 Å². The molecule has 0 fully saturated rings. The molecule has 1 amide bonds. The molecule has 1 aromatic carbocycles. The van der Waals surface area contributed by atoms with Crippen LogP contribution in [0.2, 0.25) is 0 Å². The van der Waals surface area contributed by atoms with Crippen LogP contribution < -0.4 is 5.32 Å². The summed E-state index contributed by atoms with van der Waals surface area (Å²) >= 11 is 1.52. The monoisotopic (exact) mass is 285 g/mol. The van der Waals surface area contributed by atoms with E-state index in [1.54, 1.807) is 12.1 Å². The molecular formula is C14H20FNO2S. The number of benzene rings is 1. The lowest BCUT2D eigenvalue weighted by atomic mass is 10.1. The van der Waals surface area contributed by atoms with Crippen molar-refractivity contribution >= 4 is 17.7 Å². The maximum atomic E-state index is 12.7. The molecule has 0 aliphatic carbocycles. The van der Waals surface area contributed by atoms with Crippen LogP contribution >= 0.6 is 11.8 Å². The third kappa shape index (κ3) is 6.07. The second kappa shape index (κ2) is 8.17. The Bertz CT molecular complexity index is 397. The summed E-state index contributed by atoms with van der Waals surface area (Å²) in [6, 6.07) is 6.19. The number of hydrogen-bond acceptors (Lipinski definition) is 3. The summed E-state index contributed by atoms with van der Waals surface area (Å²) in [5.41, 5.74) is 0. The number of aliphatic hydroxyl groups excluding tert-OH is 1. The number of aliphatic hydroxyl groups is 1. The van der Waals surface area contributed by atoms with Gasteiger partial charge in [0.15, 0.2) is 0 Å². The first-order valence-corrected chi connectivity index (χ1v) is 7.30. The Kier molecular flexibility index (Phi) is 6.87. The van der Waals surface area contributed by atoms with E-state index in [1.807, 2.05) is 13.8 Å². The molecule has 2 N–H and O–H groups in total. The Labute approximate surface area is 117 Å². The highest BCUT2D eigenvalue weighted by Gasteiger charge is 2.13. The highest BCUT2D eigenvalue weighted by atomic mass is 32.2. The van der Waals surface area contributed by atoms with Crippen LogP contribution in [0.15, 0.2) is 29.2 Å². The lowest BCUT2D eigenvalue weighted by molar-refractivity contribution is -0.121. The number of carbonyl (C=O) groups is 1. The van der Waals surface area contributed by atoms with Crippen molar-refractivity contribution in [1.29, 1.82) is 0 Å². The lowest BCUT2D eigenvalue weighted by Gasteiger charge is -2.19. The minimum atomic E-state index is -0.256. The number of thioether (sulfide) groups is 1. The summed E-state index contributed by atoms with van der Waals surface area (Å²) in [6.07, 6.45) is 0.407. The van der Waals surface area contributed by atoms with E-state index >= 15 is 0 Å². The Balaban J connectivity index is 2.25. The average Bonchev–Trinajstić information content (AvgIpc) is 2.40. The summed E-state index contributed by atoms with van der Waals surface area (Å²) in [4.78, 5) is 12.6. The molecule has 0 bridgehead atoms. The van der Waals surface area contributed by atoms with Gasteiger partial charge in [0.2, 0.25) is 5.91 Å². The van der Waals surface area contributed by atoms with Gasteiger partial charge in [-0.1, -0.05) is 6.92 Å². The predicted octanol–water partition coefficient (Wildman–Crippen LogP) is 2.44. The minimum Gasteiger partial charge on any atom is -0.396 e. The second-order valence-corrected chi connectivity index (χ2v) is 5.74. The molecule has 19 heavy (non-hydrogen) atoms. The number of carbonyl (C=O) groups excluding carboxylic acids is 1. The topological polar surface area (TPSA) is 49.3 Å². The van der Waals surface area contributed by atoms with Gasteiger partial charge < -0.3 is 10.4 Å². The van der Waals surface area contributed by atoms with Gasteiger partial charge in [-0.05, 0) is 37.1 Å². The number of rotatable bonds is 7. The van der Waals surface area contributed by atoms with Gasteiger partial charge >= 0.3 is 0 Å². The minimum absolute atomic E-state index is 0.0255. The van der Waals surface area contributed by atoms with Crippen molar-refractivity contribution in [3.8, 4) is 0 Å². The molecular weight excluding hydrogens is 265 g/mol.